The molecular weight excluding hydrogens is 368 g/mol. The zero-order valence-electron chi connectivity index (χ0n) is 14.5. The van der Waals surface area contributed by atoms with Gasteiger partial charge in [-0.1, -0.05) is 29.5 Å². The summed E-state index contributed by atoms with van der Waals surface area (Å²) in [5, 5.41) is 14.6. The average Bonchev–Trinajstić information content (AvgIpc) is 3.20. The molecule has 4 aromatic rings. The Kier molecular flexibility index (Phi) is 4.33. The fraction of sp³-hybridized carbons (Fsp3) is 0.235. The van der Waals surface area contributed by atoms with Crippen LogP contribution >= 0.6 is 23.1 Å². The molecule has 26 heavy (non-hydrogen) atoms. The minimum absolute atomic E-state index is 0.0571. The molecule has 0 aliphatic carbocycles. The first-order valence-corrected chi connectivity index (χ1v) is 9.85. The van der Waals surface area contributed by atoms with Crippen LogP contribution in [-0.2, 0) is 5.75 Å². The molecule has 0 N–H and O–H groups in total. The molecule has 0 saturated heterocycles. The Morgan fingerprint density at radius 2 is 2.04 bits per heavy atom. The average molecular weight is 384 g/mol. The number of tetrazole rings is 1. The number of benzene rings is 1. The second kappa shape index (κ2) is 6.65. The molecule has 3 aromatic heterocycles. The van der Waals surface area contributed by atoms with Crippen LogP contribution in [-0.4, -0.2) is 29.6 Å². The van der Waals surface area contributed by atoms with Crippen molar-refractivity contribution < 1.29 is 0 Å². The molecule has 0 saturated carbocycles. The van der Waals surface area contributed by atoms with Gasteiger partial charge in [-0.3, -0.25) is 9.20 Å². The van der Waals surface area contributed by atoms with E-state index in [0.717, 1.165) is 22.6 Å². The van der Waals surface area contributed by atoms with Gasteiger partial charge in [0.05, 0.1) is 11.4 Å². The van der Waals surface area contributed by atoms with Gasteiger partial charge in [-0.25, -0.2) is 4.98 Å². The van der Waals surface area contributed by atoms with Crippen LogP contribution in [0.25, 0.3) is 10.6 Å². The van der Waals surface area contributed by atoms with Crippen LogP contribution in [0.2, 0.25) is 0 Å². The Balaban J connectivity index is 1.62. The van der Waals surface area contributed by atoms with E-state index in [2.05, 4.69) is 33.5 Å². The highest BCUT2D eigenvalue weighted by atomic mass is 32.2. The lowest BCUT2D eigenvalue weighted by Crippen LogP contribution is -2.14. The Morgan fingerprint density at radius 3 is 2.85 bits per heavy atom. The maximum Gasteiger partial charge on any atom is 0.258 e. The minimum atomic E-state index is -0.0571. The van der Waals surface area contributed by atoms with Crippen molar-refractivity contribution in [1.29, 1.82) is 0 Å². The van der Waals surface area contributed by atoms with Crippen LogP contribution in [0.3, 0.4) is 0 Å². The molecule has 0 radical (unpaired) electrons. The second-order valence-corrected chi connectivity index (χ2v) is 7.81. The number of rotatable bonds is 4. The number of aromatic nitrogens is 6. The maximum atomic E-state index is 12.3. The first kappa shape index (κ1) is 16.9. The third-order valence-corrected chi connectivity index (χ3v) is 5.90. The fourth-order valence-electron chi connectivity index (χ4n) is 2.78. The standard InChI is InChI=1S/C17H16N6OS2/c1-10-4-5-14(11(2)6-10)23-17(19-20-21-23)26-9-13-7-15(24)22-12(3)8-25-16(22)18-13/h4-8H,9H2,1-3H3. The largest absolute Gasteiger partial charge is 0.269 e. The van der Waals surface area contributed by atoms with Crippen molar-refractivity contribution in [2.75, 3.05) is 0 Å². The molecule has 7 nitrogen and oxygen atoms in total. The van der Waals surface area contributed by atoms with Gasteiger partial charge in [0.1, 0.15) is 0 Å². The minimum Gasteiger partial charge on any atom is -0.269 e. The summed E-state index contributed by atoms with van der Waals surface area (Å²) in [7, 11) is 0. The predicted molar refractivity (Wildman–Crippen MR) is 102 cm³/mol. The summed E-state index contributed by atoms with van der Waals surface area (Å²) in [5.41, 5.74) is 4.81. The van der Waals surface area contributed by atoms with Crippen LogP contribution in [0.15, 0.2) is 39.6 Å². The summed E-state index contributed by atoms with van der Waals surface area (Å²) < 4.78 is 3.35. The molecular formula is C17H16N6OS2. The Labute approximate surface area is 157 Å². The molecule has 3 heterocycles. The number of hydrogen-bond donors (Lipinski definition) is 0. The molecule has 9 heteroatoms. The lowest BCUT2D eigenvalue weighted by atomic mass is 10.1. The van der Waals surface area contributed by atoms with E-state index < -0.39 is 0 Å². The third kappa shape index (κ3) is 3.04. The van der Waals surface area contributed by atoms with E-state index in [1.54, 1.807) is 15.1 Å². The van der Waals surface area contributed by atoms with Crippen molar-refractivity contribution >= 4 is 28.1 Å². The van der Waals surface area contributed by atoms with Gasteiger partial charge in [0.25, 0.3) is 5.56 Å². The van der Waals surface area contributed by atoms with Crippen LogP contribution in [0.4, 0.5) is 0 Å². The van der Waals surface area contributed by atoms with E-state index >= 15 is 0 Å². The molecule has 0 aliphatic rings. The summed E-state index contributed by atoms with van der Waals surface area (Å²) in [6.07, 6.45) is 0. The van der Waals surface area contributed by atoms with E-state index in [9.17, 15) is 4.79 Å². The van der Waals surface area contributed by atoms with Crippen molar-refractivity contribution in [3.63, 3.8) is 0 Å². The number of thioether (sulfide) groups is 1. The lowest BCUT2D eigenvalue weighted by Gasteiger charge is -2.08. The van der Waals surface area contributed by atoms with Crippen molar-refractivity contribution in [3.05, 3.63) is 62.5 Å². The summed E-state index contributed by atoms with van der Waals surface area (Å²) in [5.74, 6) is 0.522. The molecule has 0 spiro atoms. The number of thiazole rings is 1. The number of hydrogen-bond acceptors (Lipinski definition) is 7. The van der Waals surface area contributed by atoms with Gasteiger partial charge in [-0.15, -0.1) is 16.4 Å². The number of fused-ring (bicyclic) bond motifs is 1. The summed E-state index contributed by atoms with van der Waals surface area (Å²) in [4.78, 5) is 17.6. The third-order valence-electron chi connectivity index (χ3n) is 4.00. The molecule has 4 rings (SSSR count). The van der Waals surface area contributed by atoms with E-state index in [1.165, 1.54) is 28.7 Å². The molecule has 132 valence electrons. The van der Waals surface area contributed by atoms with Crippen molar-refractivity contribution in [3.8, 4) is 5.69 Å². The van der Waals surface area contributed by atoms with Crippen molar-refractivity contribution in [2.45, 2.75) is 31.7 Å². The first-order valence-electron chi connectivity index (χ1n) is 7.98. The zero-order chi connectivity index (χ0) is 18.3. The fourth-order valence-corrected chi connectivity index (χ4v) is 4.44. The van der Waals surface area contributed by atoms with E-state index in [0.29, 0.717) is 15.9 Å². The molecule has 0 atom stereocenters. The van der Waals surface area contributed by atoms with E-state index in [-0.39, 0.29) is 5.56 Å². The van der Waals surface area contributed by atoms with Crippen molar-refractivity contribution in [2.24, 2.45) is 0 Å². The van der Waals surface area contributed by atoms with Crippen molar-refractivity contribution in [1.82, 2.24) is 29.6 Å². The van der Waals surface area contributed by atoms with E-state index in [4.69, 9.17) is 0 Å². The first-order chi connectivity index (χ1) is 12.5. The van der Waals surface area contributed by atoms with Gasteiger partial charge in [0.2, 0.25) is 5.16 Å². The molecule has 0 bridgehead atoms. The monoisotopic (exact) mass is 384 g/mol. The van der Waals surface area contributed by atoms with Gasteiger partial charge >= 0.3 is 0 Å². The number of aryl methyl sites for hydroxylation is 3. The zero-order valence-corrected chi connectivity index (χ0v) is 16.1. The maximum absolute atomic E-state index is 12.3. The Hall–Kier alpha value is -2.52. The molecule has 1 aromatic carbocycles. The van der Waals surface area contributed by atoms with Gasteiger partial charge in [0.15, 0.2) is 4.96 Å². The van der Waals surface area contributed by atoms with Gasteiger partial charge in [-0.2, -0.15) is 4.68 Å². The highest BCUT2D eigenvalue weighted by Gasteiger charge is 2.13. The molecule has 0 unspecified atom stereocenters. The smallest absolute Gasteiger partial charge is 0.258 e. The normalized spacial score (nSPS) is 11.3. The van der Waals surface area contributed by atoms with E-state index in [1.807, 2.05) is 31.4 Å². The quantitative estimate of drug-likeness (QED) is 0.504. The highest BCUT2D eigenvalue weighted by molar-refractivity contribution is 7.98. The van der Waals surface area contributed by atoms with Gasteiger partial charge < -0.3 is 0 Å². The van der Waals surface area contributed by atoms with Gasteiger partial charge in [0, 0.05) is 22.9 Å². The Morgan fingerprint density at radius 1 is 1.19 bits per heavy atom. The predicted octanol–water partition coefficient (Wildman–Crippen LogP) is 2.95. The molecule has 0 aliphatic heterocycles. The molecule has 0 fully saturated rings. The second-order valence-electron chi connectivity index (χ2n) is 6.03. The summed E-state index contributed by atoms with van der Waals surface area (Å²) >= 11 is 2.93. The van der Waals surface area contributed by atoms with Crippen LogP contribution < -0.4 is 5.56 Å². The lowest BCUT2D eigenvalue weighted by molar-refractivity contribution is 0.751. The molecule has 0 amide bonds. The van der Waals surface area contributed by atoms with Crippen LogP contribution in [0.1, 0.15) is 22.5 Å². The SMILES string of the molecule is Cc1ccc(-n2nnnc2SCc2cc(=O)n3c(C)csc3n2)c(C)c1. The summed E-state index contributed by atoms with van der Waals surface area (Å²) in [6, 6.07) is 7.72. The number of nitrogens with zero attached hydrogens (tertiary/aromatic N) is 6. The topological polar surface area (TPSA) is 78.0 Å². The summed E-state index contributed by atoms with van der Waals surface area (Å²) in [6.45, 7) is 5.99. The highest BCUT2D eigenvalue weighted by Crippen LogP contribution is 2.24. The van der Waals surface area contributed by atoms with Gasteiger partial charge in [-0.05, 0) is 42.8 Å². The Bertz CT molecular complexity index is 1160. The van der Waals surface area contributed by atoms with Crippen LogP contribution in [0.5, 0.6) is 0 Å². The van der Waals surface area contributed by atoms with Crippen LogP contribution in [0, 0.1) is 20.8 Å².